The highest BCUT2D eigenvalue weighted by Crippen LogP contribution is 2.34. The predicted octanol–water partition coefficient (Wildman–Crippen LogP) is 3.34. The lowest BCUT2D eigenvalue weighted by Crippen LogP contribution is -2.31. The lowest BCUT2D eigenvalue weighted by molar-refractivity contribution is 0.0735. The van der Waals surface area contributed by atoms with Crippen molar-refractivity contribution in [3.63, 3.8) is 0 Å². The highest BCUT2D eigenvalue weighted by atomic mass is 79.9. The molecule has 2 aromatic rings. The summed E-state index contributed by atoms with van der Waals surface area (Å²) in [6, 6.07) is 12.4. The van der Waals surface area contributed by atoms with Crippen molar-refractivity contribution in [3.8, 4) is 5.75 Å². The molecule has 0 aliphatic carbocycles. The molecule has 0 bridgehead atoms. The average Bonchev–Trinajstić information content (AvgIpc) is 3.17. The highest BCUT2D eigenvalue weighted by Gasteiger charge is 2.31. The Balaban J connectivity index is 1.95. The number of carbonyl (C=O) groups excluding carboxylic acids is 1. The number of benzene rings is 2. The van der Waals surface area contributed by atoms with Crippen LogP contribution in [0.3, 0.4) is 0 Å². The van der Waals surface area contributed by atoms with E-state index in [9.17, 15) is 13.2 Å². The van der Waals surface area contributed by atoms with Crippen LogP contribution in [0.5, 0.6) is 5.75 Å². The van der Waals surface area contributed by atoms with Gasteiger partial charge in [-0.25, -0.2) is 13.1 Å². The second-order valence-corrected chi connectivity index (χ2v) is 9.05. The monoisotopic (exact) mass is 452 g/mol. The second-order valence-electron chi connectivity index (χ2n) is 6.28. The van der Waals surface area contributed by atoms with Crippen LogP contribution in [-0.4, -0.2) is 39.9 Å². The first-order valence-electron chi connectivity index (χ1n) is 8.55. The first-order chi connectivity index (χ1) is 12.9. The lowest BCUT2D eigenvalue weighted by Gasteiger charge is -2.25. The fraction of sp³-hybridized carbons (Fsp3) is 0.316. The van der Waals surface area contributed by atoms with Crippen LogP contribution in [0.1, 0.15) is 34.8 Å². The van der Waals surface area contributed by atoms with Gasteiger partial charge in [0.15, 0.2) is 0 Å². The van der Waals surface area contributed by atoms with Gasteiger partial charge in [-0.3, -0.25) is 4.79 Å². The molecule has 0 saturated carbocycles. The van der Waals surface area contributed by atoms with Crippen LogP contribution in [-0.2, 0) is 10.0 Å². The molecule has 6 nitrogen and oxygen atoms in total. The van der Waals surface area contributed by atoms with Gasteiger partial charge in [-0.15, -0.1) is 0 Å². The van der Waals surface area contributed by atoms with Crippen LogP contribution in [0.2, 0.25) is 0 Å². The van der Waals surface area contributed by atoms with Crippen LogP contribution in [0.15, 0.2) is 51.8 Å². The summed E-state index contributed by atoms with van der Waals surface area (Å²) in [4.78, 5) is 14.9. The Kier molecular flexibility index (Phi) is 5.88. The number of methoxy groups -OCH3 is 1. The maximum atomic E-state index is 13.1. The molecule has 1 heterocycles. The minimum Gasteiger partial charge on any atom is -0.495 e. The molecule has 1 aliphatic rings. The SMILES string of the molecule is CNS(=O)(=O)c1cc(C(=O)N2CCCC2c2ccc(Br)cc2)ccc1OC. The molecule has 1 atom stereocenters. The number of sulfonamides is 1. The molecule has 1 saturated heterocycles. The minimum absolute atomic E-state index is 0.0166. The van der Waals surface area contributed by atoms with Crippen molar-refractivity contribution in [3.05, 3.63) is 58.1 Å². The molecule has 1 fully saturated rings. The lowest BCUT2D eigenvalue weighted by atomic mass is 10.0. The van der Waals surface area contributed by atoms with Gasteiger partial charge in [-0.05, 0) is 55.8 Å². The summed E-state index contributed by atoms with van der Waals surface area (Å²) in [6.07, 6.45) is 1.79. The summed E-state index contributed by atoms with van der Waals surface area (Å²) >= 11 is 3.43. The summed E-state index contributed by atoms with van der Waals surface area (Å²) in [6.45, 7) is 0.639. The van der Waals surface area contributed by atoms with E-state index in [0.29, 0.717) is 12.1 Å². The Labute approximate surface area is 167 Å². The predicted molar refractivity (Wildman–Crippen MR) is 106 cm³/mol. The third kappa shape index (κ3) is 4.02. The Morgan fingerprint density at radius 1 is 1.22 bits per heavy atom. The molecule has 1 amide bonds. The number of hydrogen-bond donors (Lipinski definition) is 1. The zero-order valence-corrected chi connectivity index (χ0v) is 17.5. The Morgan fingerprint density at radius 3 is 2.56 bits per heavy atom. The summed E-state index contributed by atoms with van der Waals surface area (Å²) in [7, 11) is -1.02. The van der Waals surface area contributed by atoms with Gasteiger partial charge < -0.3 is 9.64 Å². The Morgan fingerprint density at radius 2 is 1.93 bits per heavy atom. The minimum atomic E-state index is -3.74. The van der Waals surface area contributed by atoms with Gasteiger partial charge in [0, 0.05) is 16.6 Å². The topological polar surface area (TPSA) is 75.7 Å². The first-order valence-corrected chi connectivity index (χ1v) is 10.8. The van der Waals surface area contributed by atoms with Crippen LogP contribution in [0, 0.1) is 0 Å². The molecule has 1 aliphatic heterocycles. The molecule has 0 radical (unpaired) electrons. The van der Waals surface area contributed by atoms with Crippen molar-refractivity contribution in [2.24, 2.45) is 0 Å². The van der Waals surface area contributed by atoms with E-state index in [1.165, 1.54) is 26.3 Å². The zero-order valence-electron chi connectivity index (χ0n) is 15.1. The standard InChI is InChI=1S/C19H21BrN2O4S/c1-21-27(24,25)18-12-14(7-10-17(18)26-2)19(23)22-11-3-4-16(22)13-5-8-15(20)9-6-13/h5-10,12,16,21H,3-4,11H2,1-2H3. The van der Waals surface area contributed by atoms with Gasteiger partial charge in [0.2, 0.25) is 10.0 Å². The third-order valence-corrected chi connectivity index (χ3v) is 6.70. The van der Waals surface area contributed by atoms with E-state index >= 15 is 0 Å². The zero-order chi connectivity index (χ0) is 19.6. The second kappa shape index (κ2) is 8.00. The van der Waals surface area contributed by atoms with Crippen LogP contribution < -0.4 is 9.46 Å². The van der Waals surface area contributed by atoms with E-state index in [4.69, 9.17) is 4.74 Å². The van der Waals surface area contributed by atoms with Crippen molar-refractivity contribution in [1.29, 1.82) is 0 Å². The van der Waals surface area contributed by atoms with Crippen molar-refractivity contribution in [2.45, 2.75) is 23.8 Å². The number of carbonyl (C=O) groups is 1. The van der Waals surface area contributed by atoms with Crippen molar-refractivity contribution in [2.75, 3.05) is 20.7 Å². The van der Waals surface area contributed by atoms with Gasteiger partial charge in [-0.1, -0.05) is 28.1 Å². The highest BCUT2D eigenvalue weighted by molar-refractivity contribution is 9.10. The van der Waals surface area contributed by atoms with Gasteiger partial charge >= 0.3 is 0 Å². The molecule has 2 aromatic carbocycles. The van der Waals surface area contributed by atoms with Crippen LogP contribution >= 0.6 is 15.9 Å². The van der Waals surface area contributed by atoms with Crippen molar-refractivity contribution < 1.29 is 17.9 Å². The maximum Gasteiger partial charge on any atom is 0.254 e. The van der Waals surface area contributed by atoms with E-state index in [2.05, 4.69) is 20.7 Å². The number of halogens is 1. The fourth-order valence-electron chi connectivity index (χ4n) is 3.34. The van der Waals surface area contributed by atoms with E-state index in [1.807, 2.05) is 24.3 Å². The molecular formula is C19H21BrN2O4S. The molecule has 0 spiro atoms. The van der Waals surface area contributed by atoms with E-state index in [1.54, 1.807) is 11.0 Å². The summed E-state index contributed by atoms with van der Waals surface area (Å²) in [5.41, 5.74) is 1.40. The number of ether oxygens (including phenoxy) is 1. The summed E-state index contributed by atoms with van der Waals surface area (Å²) in [5, 5.41) is 0. The normalized spacial score (nSPS) is 17.1. The molecule has 3 rings (SSSR count). The largest absolute Gasteiger partial charge is 0.495 e. The fourth-order valence-corrected chi connectivity index (χ4v) is 4.52. The van der Waals surface area contributed by atoms with Gasteiger partial charge in [0.05, 0.1) is 13.2 Å². The van der Waals surface area contributed by atoms with Gasteiger partial charge in [0.25, 0.3) is 5.91 Å². The molecule has 144 valence electrons. The van der Waals surface area contributed by atoms with Crippen molar-refractivity contribution >= 4 is 31.9 Å². The molecule has 27 heavy (non-hydrogen) atoms. The Bertz CT molecular complexity index is 945. The van der Waals surface area contributed by atoms with Crippen LogP contribution in [0.4, 0.5) is 0 Å². The van der Waals surface area contributed by atoms with E-state index in [0.717, 1.165) is 22.9 Å². The molecule has 0 aromatic heterocycles. The number of hydrogen-bond acceptors (Lipinski definition) is 4. The van der Waals surface area contributed by atoms with Crippen molar-refractivity contribution in [1.82, 2.24) is 9.62 Å². The molecular weight excluding hydrogens is 432 g/mol. The average molecular weight is 453 g/mol. The third-order valence-electron chi connectivity index (χ3n) is 4.74. The van der Waals surface area contributed by atoms with E-state index < -0.39 is 10.0 Å². The summed E-state index contributed by atoms with van der Waals surface area (Å²) in [5.74, 6) is 0.0161. The number of amides is 1. The quantitative estimate of drug-likeness (QED) is 0.754. The molecule has 1 unspecified atom stereocenters. The van der Waals surface area contributed by atoms with E-state index in [-0.39, 0.29) is 22.6 Å². The number of nitrogens with zero attached hydrogens (tertiary/aromatic N) is 1. The maximum absolute atomic E-state index is 13.1. The van der Waals surface area contributed by atoms with Gasteiger partial charge in [-0.2, -0.15) is 0 Å². The van der Waals surface area contributed by atoms with Gasteiger partial charge in [0.1, 0.15) is 10.6 Å². The smallest absolute Gasteiger partial charge is 0.254 e. The summed E-state index contributed by atoms with van der Waals surface area (Å²) < 4.78 is 33.0. The number of nitrogens with one attached hydrogen (secondary N) is 1. The number of likely N-dealkylation sites (tertiary alicyclic amines) is 1. The number of rotatable bonds is 5. The first kappa shape index (κ1) is 19.9. The molecule has 1 N–H and O–H groups in total. The Hall–Kier alpha value is -1.90. The molecule has 8 heteroatoms. The van der Waals surface area contributed by atoms with Crippen LogP contribution in [0.25, 0.3) is 0 Å².